The Morgan fingerprint density at radius 3 is 2.67 bits per heavy atom. The van der Waals surface area contributed by atoms with Crippen molar-refractivity contribution >= 4 is 11.6 Å². The van der Waals surface area contributed by atoms with Gasteiger partial charge in [0.15, 0.2) is 0 Å². The van der Waals surface area contributed by atoms with Crippen molar-refractivity contribution in [2.24, 2.45) is 11.7 Å². The third-order valence-electron chi connectivity index (χ3n) is 4.01. The lowest BCUT2D eigenvalue weighted by molar-refractivity contribution is -0.384. The van der Waals surface area contributed by atoms with Gasteiger partial charge in [-0.25, -0.2) is 0 Å². The summed E-state index contributed by atoms with van der Waals surface area (Å²) in [5, 5.41) is 10.9. The van der Waals surface area contributed by atoms with Crippen molar-refractivity contribution in [3.05, 3.63) is 28.1 Å². The van der Waals surface area contributed by atoms with E-state index in [4.69, 9.17) is 5.73 Å². The molecule has 2 N–H and O–H groups in total. The third kappa shape index (κ3) is 3.41. The number of nitro groups is 1. The summed E-state index contributed by atoms with van der Waals surface area (Å²) in [7, 11) is 0. The highest BCUT2D eigenvalue weighted by molar-refractivity contribution is 5.93. The summed E-state index contributed by atoms with van der Waals surface area (Å²) in [6.07, 6.45) is 4.07. The number of amides is 1. The summed E-state index contributed by atoms with van der Waals surface area (Å²) in [4.78, 5) is 24.8. The maximum Gasteiger partial charge on any atom is 0.287 e. The highest BCUT2D eigenvalue weighted by Crippen LogP contribution is 2.22. The molecule has 0 aliphatic carbocycles. The van der Waals surface area contributed by atoms with Crippen molar-refractivity contribution in [3.63, 3.8) is 0 Å². The van der Waals surface area contributed by atoms with Crippen LogP contribution in [0.4, 0.5) is 5.69 Å². The summed E-state index contributed by atoms with van der Waals surface area (Å²) < 4.78 is 1.69. The normalized spacial score (nSPS) is 16.2. The van der Waals surface area contributed by atoms with Crippen molar-refractivity contribution in [3.8, 4) is 0 Å². The van der Waals surface area contributed by atoms with Gasteiger partial charge in [-0.1, -0.05) is 6.92 Å². The number of nitrogens with two attached hydrogens (primary N) is 1. The summed E-state index contributed by atoms with van der Waals surface area (Å²) in [6.45, 7) is 4.58. The summed E-state index contributed by atoms with van der Waals surface area (Å²) in [5.74, 6) is 0.359. The fourth-order valence-electron chi connectivity index (χ4n) is 2.73. The Morgan fingerprint density at radius 2 is 2.14 bits per heavy atom. The van der Waals surface area contributed by atoms with Crippen LogP contribution in [0.25, 0.3) is 0 Å². The van der Waals surface area contributed by atoms with Gasteiger partial charge in [-0.2, -0.15) is 0 Å². The van der Waals surface area contributed by atoms with E-state index in [0.717, 1.165) is 19.3 Å². The van der Waals surface area contributed by atoms with Crippen molar-refractivity contribution < 1.29 is 9.72 Å². The Kier molecular flexibility index (Phi) is 4.95. The number of nitrogens with zero attached hydrogens (tertiary/aromatic N) is 3. The number of hydrogen-bond donors (Lipinski definition) is 1. The molecular weight excluding hydrogens is 272 g/mol. The van der Waals surface area contributed by atoms with Crippen LogP contribution in [-0.2, 0) is 6.54 Å². The van der Waals surface area contributed by atoms with E-state index in [2.05, 4.69) is 0 Å². The van der Waals surface area contributed by atoms with Crippen LogP contribution in [0.3, 0.4) is 0 Å². The van der Waals surface area contributed by atoms with E-state index < -0.39 is 4.92 Å². The first kappa shape index (κ1) is 15.5. The van der Waals surface area contributed by atoms with E-state index in [1.165, 1.54) is 12.3 Å². The molecule has 0 bridgehead atoms. The largest absolute Gasteiger partial charge is 0.337 e. The molecule has 0 atom stereocenters. The predicted octanol–water partition coefficient (Wildman–Crippen LogP) is 1.62. The average Bonchev–Trinajstić information content (AvgIpc) is 2.91. The van der Waals surface area contributed by atoms with E-state index in [0.29, 0.717) is 37.8 Å². The van der Waals surface area contributed by atoms with Gasteiger partial charge in [-0.3, -0.25) is 14.9 Å². The Balaban J connectivity index is 2.16. The SMILES string of the molecule is CCCn1cc([N+](=O)[O-])cc1C(=O)N1CCC(CN)CC1. The monoisotopic (exact) mass is 294 g/mol. The number of carbonyl (C=O) groups is 1. The Hall–Kier alpha value is -1.89. The quantitative estimate of drug-likeness (QED) is 0.659. The van der Waals surface area contributed by atoms with E-state index >= 15 is 0 Å². The van der Waals surface area contributed by atoms with E-state index in [-0.39, 0.29) is 11.6 Å². The molecule has 0 spiro atoms. The molecule has 1 aromatic heterocycles. The highest BCUT2D eigenvalue weighted by Gasteiger charge is 2.26. The van der Waals surface area contributed by atoms with Crippen LogP contribution in [0.1, 0.15) is 36.7 Å². The Bertz CT molecular complexity index is 518. The zero-order chi connectivity index (χ0) is 15.4. The average molecular weight is 294 g/mol. The van der Waals surface area contributed by atoms with Gasteiger partial charge in [0.1, 0.15) is 5.69 Å². The van der Waals surface area contributed by atoms with Gasteiger partial charge in [-0.15, -0.1) is 0 Å². The number of aryl methyl sites for hydroxylation is 1. The van der Waals surface area contributed by atoms with E-state index in [1.54, 1.807) is 9.47 Å². The molecule has 7 heteroatoms. The molecule has 0 unspecified atom stereocenters. The molecule has 0 saturated carbocycles. The van der Waals surface area contributed by atoms with Crippen LogP contribution in [0.15, 0.2) is 12.3 Å². The third-order valence-corrected chi connectivity index (χ3v) is 4.01. The molecule has 1 fully saturated rings. The van der Waals surface area contributed by atoms with Gasteiger partial charge in [0, 0.05) is 25.7 Å². The predicted molar refractivity (Wildman–Crippen MR) is 79.1 cm³/mol. The zero-order valence-corrected chi connectivity index (χ0v) is 12.3. The topological polar surface area (TPSA) is 94.4 Å². The zero-order valence-electron chi connectivity index (χ0n) is 12.3. The van der Waals surface area contributed by atoms with Gasteiger partial charge in [0.05, 0.1) is 11.1 Å². The van der Waals surface area contributed by atoms with Crippen molar-refractivity contribution in [2.75, 3.05) is 19.6 Å². The second-order valence-electron chi connectivity index (χ2n) is 5.51. The van der Waals surface area contributed by atoms with Gasteiger partial charge in [0.25, 0.3) is 11.6 Å². The van der Waals surface area contributed by atoms with Crippen LogP contribution in [-0.4, -0.2) is 39.9 Å². The lowest BCUT2D eigenvalue weighted by atomic mass is 9.97. The lowest BCUT2D eigenvalue weighted by Crippen LogP contribution is -2.40. The first-order valence-electron chi connectivity index (χ1n) is 7.40. The molecule has 1 aromatic rings. The minimum absolute atomic E-state index is 0.0244. The molecule has 7 nitrogen and oxygen atoms in total. The number of hydrogen-bond acceptors (Lipinski definition) is 4. The van der Waals surface area contributed by atoms with Gasteiger partial charge in [-0.05, 0) is 31.7 Å². The number of piperidine rings is 1. The number of likely N-dealkylation sites (tertiary alicyclic amines) is 1. The van der Waals surface area contributed by atoms with Crippen LogP contribution in [0, 0.1) is 16.0 Å². The first-order valence-corrected chi connectivity index (χ1v) is 7.40. The van der Waals surface area contributed by atoms with Gasteiger partial charge < -0.3 is 15.2 Å². The maximum absolute atomic E-state index is 12.6. The molecule has 2 heterocycles. The molecule has 116 valence electrons. The number of carbonyl (C=O) groups excluding carboxylic acids is 1. The molecule has 21 heavy (non-hydrogen) atoms. The first-order chi connectivity index (χ1) is 10.1. The molecular formula is C14H22N4O3. The van der Waals surface area contributed by atoms with Crippen LogP contribution in [0.5, 0.6) is 0 Å². The lowest BCUT2D eigenvalue weighted by Gasteiger charge is -2.31. The fraction of sp³-hybridized carbons (Fsp3) is 0.643. The van der Waals surface area contributed by atoms with Crippen molar-refractivity contribution in [1.29, 1.82) is 0 Å². The molecule has 1 aliphatic heterocycles. The minimum atomic E-state index is -0.455. The molecule has 0 aromatic carbocycles. The molecule has 1 amide bonds. The van der Waals surface area contributed by atoms with Gasteiger partial charge in [0.2, 0.25) is 0 Å². The smallest absolute Gasteiger partial charge is 0.287 e. The van der Waals surface area contributed by atoms with E-state index in [1.807, 2.05) is 6.92 Å². The second-order valence-corrected chi connectivity index (χ2v) is 5.51. The molecule has 0 radical (unpaired) electrons. The molecule has 2 rings (SSSR count). The fourth-order valence-corrected chi connectivity index (χ4v) is 2.73. The molecule has 1 saturated heterocycles. The number of aromatic nitrogens is 1. The highest BCUT2D eigenvalue weighted by atomic mass is 16.6. The Labute approximate surface area is 123 Å². The van der Waals surface area contributed by atoms with Crippen molar-refractivity contribution in [2.45, 2.75) is 32.7 Å². The van der Waals surface area contributed by atoms with Crippen LogP contribution < -0.4 is 5.73 Å². The van der Waals surface area contributed by atoms with Crippen LogP contribution >= 0.6 is 0 Å². The summed E-state index contributed by atoms with van der Waals surface area (Å²) in [6, 6.07) is 1.38. The van der Waals surface area contributed by atoms with E-state index in [9.17, 15) is 14.9 Å². The van der Waals surface area contributed by atoms with Gasteiger partial charge >= 0.3 is 0 Å². The summed E-state index contributed by atoms with van der Waals surface area (Å²) >= 11 is 0. The second kappa shape index (κ2) is 6.71. The van der Waals surface area contributed by atoms with Crippen LogP contribution in [0.2, 0.25) is 0 Å². The molecule has 1 aliphatic rings. The standard InChI is InChI=1S/C14H22N4O3/c1-2-5-17-10-12(18(20)21)8-13(17)14(19)16-6-3-11(9-15)4-7-16/h8,10-11H,2-7,9,15H2,1H3. The van der Waals surface area contributed by atoms with Crippen molar-refractivity contribution in [1.82, 2.24) is 9.47 Å². The minimum Gasteiger partial charge on any atom is -0.337 e. The Morgan fingerprint density at radius 1 is 1.48 bits per heavy atom. The number of rotatable bonds is 5. The maximum atomic E-state index is 12.6. The summed E-state index contributed by atoms with van der Waals surface area (Å²) in [5.41, 5.74) is 6.04.